The first-order valence-electron chi connectivity index (χ1n) is 8.60. The van der Waals surface area contributed by atoms with Gasteiger partial charge in [-0.1, -0.05) is 84.9 Å². The quantitative estimate of drug-likeness (QED) is 0.600. The highest BCUT2D eigenvalue weighted by atomic mass is 15.5. The van der Waals surface area contributed by atoms with Gasteiger partial charge in [0.1, 0.15) is 0 Å². The molecule has 0 spiro atoms. The van der Waals surface area contributed by atoms with Crippen molar-refractivity contribution in [2.24, 2.45) is 5.10 Å². The van der Waals surface area contributed by atoms with Crippen LogP contribution in [0.4, 0.5) is 5.69 Å². The number of anilines is 1. The van der Waals surface area contributed by atoms with E-state index in [9.17, 15) is 0 Å². The van der Waals surface area contributed by atoms with Crippen LogP contribution in [-0.2, 0) is 0 Å². The first kappa shape index (κ1) is 15.4. The van der Waals surface area contributed by atoms with Gasteiger partial charge >= 0.3 is 0 Å². The molecule has 0 saturated heterocycles. The molecule has 3 aromatic carbocycles. The normalized spacial score (nSPS) is 17.0. The summed E-state index contributed by atoms with van der Waals surface area (Å²) in [5.74, 6) is 0. The summed E-state index contributed by atoms with van der Waals surface area (Å²) < 4.78 is 0. The first-order valence-corrected chi connectivity index (χ1v) is 8.60. The number of hydrazone groups is 1. The summed E-state index contributed by atoms with van der Waals surface area (Å²) in [5.41, 5.74) is 4.71. The Bertz CT molecular complexity index is 868. The number of benzene rings is 3. The number of hydrogen-bond donors (Lipinski definition) is 0. The zero-order valence-corrected chi connectivity index (χ0v) is 14.0. The fourth-order valence-corrected chi connectivity index (χ4v) is 3.14. The molecule has 122 valence electrons. The van der Waals surface area contributed by atoms with Crippen LogP contribution in [0.5, 0.6) is 0 Å². The number of para-hydroxylation sites is 1. The van der Waals surface area contributed by atoms with Crippen molar-refractivity contribution in [2.45, 2.75) is 12.5 Å². The summed E-state index contributed by atoms with van der Waals surface area (Å²) in [5, 5.41) is 7.03. The van der Waals surface area contributed by atoms with Gasteiger partial charge in [0, 0.05) is 6.42 Å². The van der Waals surface area contributed by atoms with E-state index in [0.717, 1.165) is 17.8 Å². The molecule has 2 nitrogen and oxygen atoms in total. The van der Waals surface area contributed by atoms with Gasteiger partial charge in [0.05, 0.1) is 17.4 Å². The molecule has 2 heteroatoms. The lowest BCUT2D eigenvalue weighted by molar-refractivity contribution is 0.709. The Kier molecular flexibility index (Phi) is 4.42. The van der Waals surface area contributed by atoms with E-state index in [1.807, 2.05) is 12.1 Å². The van der Waals surface area contributed by atoms with Crippen molar-refractivity contribution < 1.29 is 0 Å². The second-order valence-corrected chi connectivity index (χ2v) is 6.15. The van der Waals surface area contributed by atoms with E-state index in [1.54, 1.807) is 0 Å². The lowest BCUT2D eigenvalue weighted by atomic mass is 10.0. The summed E-state index contributed by atoms with van der Waals surface area (Å²) >= 11 is 0. The molecule has 4 rings (SSSR count). The maximum absolute atomic E-state index is 4.89. The molecular weight excluding hydrogens is 304 g/mol. The highest BCUT2D eigenvalue weighted by Crippen LogP contribution is 2.35. The van der Waals surface area contributed by atoms with Crippen LogP contribution in [0.1, 0.15) is 23.6 Å². The van der Waals surface area contributed by atoms with Crippen molar-refractivity contribution >= 4 is 17.5 Å². The third kappa shape index (κ3) is 3.53. The molecule has 0 aliphatic carbocycles. The molecule has 1 aliphatic heterocycles. The smallest absolute Gasteiger partial charge is 0.0831 e. The molecule has 0 unspecified atom stereocenters. The van der Waals surface area contributed by atoms with Crippen LogP contribution >= 0.6 is 0 Å². The molecule has 0 fully saturated rings. The van der Waals surface area contributed by atoms with Crippen LogP contribution < -0.4 is 5.01 Å². The van der Waals surface area contributed by atoms with Crippen LogP contribution in [-0.4, -0.2) is 5.71 Å². The summed E-state index contributed by atoms with van der Waals surface area (Å²) in [6, 6.07) is 31.6. The van der Waals surface area contributed by atoms with Gasteiger partial charge in [-0.3, -0.25) is 5.01 Å². The first-order chi connectivity index (χ1) is 12.4. The molecule has 1 aliphatic rings. The largest absolute Gasteiger partial charge is 0.257 e. The Labute approximate surface area is 148 Å². The molecule has 0 amide bonds. The summed E-state index contributed by atoms with van der Waals surface area (Å²) in [7, 11) is 0. The van der Waals surface area contributed by atoms with Gasteiger partial charge in [0.2, 0.25) is 0 Å². The maximum Gasteiger partial charge on any atom is 0.0831 e. The van der Waals surface area contributed by atoms with Gasteiger partial charge < -0.3 is 0 Å². The summed E-state index contributed by atoms with van der Waals surface area (Å²) in [6.07, 6.45) is 5.17. The van der Waals surface area contributed by atoms with E-state index in [4.69, 9.17) is 5.10 Å². The Hall–Kier alpha value is -3.13. The molecule has 1 heterocycles. The van der Waals surface area contributed by atoms with Crippen molar-refractivity contribution in [1.29, 1.82) is 0 Å². The minimum absolute atomic E-state index is 0.235. The van der Waals surface area contributed by atoms with Crippen LogP contribution in [0.2, 0.25) is 0 Å². The Morgan fingerprint density at radius 2 is 1.32 bits per heavy atom. The van der Waals surface area contributed by atoms with Gasteiger partial charge in [-0.2, -0.15) is 5.10 Å². The number of hydrogen-bond acceptors (Lipinski definition) is 2. The molecule has 0 N–H and O–H groups in total. The average Bonchev–Trinajstić information content (AvgIpc) is 3.13. The minimum Gasteiger partial charge on any atom is -0.257 e. The molecule has 25 heavy (non-hydrogen) atoms. The number of rotatable bonds is 4. The summed E-state index contributed by atoms with van der Waals surface area (Å²) in [4.78, 5) is 0. The van der Waals surface area contributed by atoms with E-state index >= 15 is 0 Å². The monoisotopic (exact) mass is 324 g/mol. The second-order valence-electron chi connectivity index (χ2n) is 6.15. The minimum atomic E-state index is 0.235. The summed E-state index contributed by atoms with van der Waals surface area (Å²) in [6.45, 7) is 0. The standard InChI is InChI=1S/C23H20N2/c1-4-10-19(11-5-1)16-17-21-18-23(20-12-6-2-7-13-20)25(24-21)22-14-8-3-9-15-22/h1-17,23H,18H2/b17-16+/t23-/m1/s1. The Balaban J connectivity index is 1.64. The lowest BCUT2D eigenvalue weighted by Gasteiger charge is -2.23. The van der Waals surface area contributed by atoms with Crippen molar-refractivity contribution in [1.82, 2.24) is 0 Å². The predicted octanol–water partition coefficient (Wildman–Crippen LogP) is 5.71. The highest BCUT2D eigenvalue weighted by molar-refractivity contribution is 6.01. The van der Waals surface area contributed by atoms with Gasteiger partial charge in [-0.05, 0) is 29.3 Å². The Morgan fingerprint density at radius 3 is 2.00 bits per heavy atom. The van der Waals surface area contributed by atoms with Crippen molar-refractivity contribution in [3.05, 3.63) is 108 Å². The van der Waals surface area contributed by atoms with E-state index in [0.29, 0.717) is 0 Å². The van der Waals surface area contributed by atoms with Crippen LogP contribution in [0, 0.1) is 0 Å². The molecule has 3 aromatic rings. The molecular formula is C23H20N2. The maximum atomic E-state index is 4.89. The van der Waals surface area contributed by atoms with E-state index in [1.165, 1.54) is 11.1 Å². The predicted molar refractivity (Wildman–Crippen MR) is 106 cm³/mol. The Morgan fingerprint density at radius 1 is 0.720 bits per heavy atom. The molecule has 0 saturated carbocycles. The van der Waals surface area contributed by atoms with E-state index < -0.39 is 0 Å². The molecule has 0 radical (unpaired) electrons. The lowest BCUT2D eigenvalue weighted by Crippen LogP contribution is -2.18. The van der Waals surface area contributed by atoms with Crippen LogP contribution in [0.25, 0.3) is 6.08 Å². The van der Waals surface area contributed by atoms with E-state index in [-0.39, 0.29) is 6.04 Å². The third-order valence-electron chi connectivity index (χ3n) is 4.41. The fourth-order valence-electron chi connectivity index (χ4n) is 3.14. The van der Waals surface area contributed by atoms with Gasteiger partial charge in [0.25, 0.3) is 0 Å². The average molecular weight is 324 g/mol. The third-order valence-corrected chi connectivity index (χ3v) is 4.41. The van der Waals surface area contributed by atoms with Gasteiger partial charge in [-0.15, -0.1) is 0 Å². The van der Waals surface area contributed by atoms with Gasteiger partial charge in [-0.25, -0.2) is 0 Å². The van der Waals surface area contributed by atoms with Crippen molar-refractivity contribution in [3.63, 3.8) is 0 Å². The topological polar surface area (TPSA) is 15.6 Å². The highest BCUT2D eigenvalue weighted by Gasteiger charge is 2.27. The zero-order valence-electron chi connectivity index (χ0n) is 14.0. The molecule has 0 aromatic heterocycles. The van der Waals surface area contributed by atoms with Crippen molar-refractivity contribution in [3.8, 4) is 0 Å². The van der Waals surface area contributed by atoms with Crippen LogP contribution in [0.15, 0.2) is 102 Å². The van der Waals surface area contributed by atoms with Crippen LogP contribution in [0.3, 0.4) is 0 Å². The van der Waals surface area contributed by atoms with Crippen molar-refractivity contribution in [2.75, 3.05) is 5.01 Å². The SMILES string of the molecule is C(=C\c1ccccc1)/C1=NN(c2ccccc2)[C@@H](c2ccccc2)C1. The second kappa shape index (κ2) is 7.18. The molecule has 0 bridgehead atoms. The van der Waals surface area contributed by atoms with E-state index in [2.05, 4.69) is 96.0 Å². The molecule has 1 atom stereocenters. The zero-order chi connectivity index (χ0) is 16.9. The fraction of sp³-hybridized carbons (Fsp3) is 0.0870. The number of allylic oxidation sites excluding steroid dienone is 1. The van der Waals surface area contributed by atoms with Gasteiger partial charge in [0.15, 0.2) is 0 Å². The number of nitrogens with zero attached hydrogens (tertiary/aromatic N) is 2.